The van der Waals surface area contributed by atoms with Crippen LogP contribution in [0.15, 0.2) is 6.20 Å². The topological polar surface area (TPSA) is 33.2 Å². The molecule has 72 valence electrons. The quantitative estimate of drug-likeness (QED) is 0.763. The van der Waals surface area contributed by atoms with Crippen molar-refractivity contribution >= 4 is 28.8 Å². The van der Waals surface area contributed by atoms with Crippen LogP contribution in [0.1, 0.15) is 23.6 Å². The molecule has 0 N–H and O–H groups in total. The van der Waals surface area contributed by atoms with Gasteiger partial charge in [0.1, 0.15) is 4.34 Å². The molecule has 0 saturated heterocycles. The van der Waals surface area contributed by atoms with Gasteiger partial charge in [0, 0.05) is 13.1 Å². The van der Waals surface area contributed by atoms with Crippen molar-refractivity contribution in [1.82, 2.24) is 9.88 Å². The summed E-state index contributed by atoms with van der Waals surface area (Å²) >= 11 is 6.88. The van der Waals surface area contributed by atoms with Crippen LogP contribution in [-0.2, 0) is 0 Å². The average Bonchev–Trinajstić information content (AvgIpc) is 2.49. The Morgan fingerprint density at radius 1 is 1.69 bits per heavy atom. The number of hydrogen-bond acceptors (Lipinski definition) is 3. The summed E-state index contributed by atoms with van der Waals surface area (Å²) in [4.78, 5) is 17.2. The first-order valence-electron chi connectivity index (χ1n) is 3.91. The van der Waals surface area contributed by atoms with Gasteiger partial charge in [0.15, 0.2) is 5.01 Å². The van der Waals surface area contributed by atoms with Crippen LogP contribution in [0, 0.1) is 0 Å². The molecule has 5 heteroatoms. The van der Waals surface area contributed by atoms with E-state index in [0.29, 0.717) is 9.34 Å². The summed E-state index contributed by atoms with van der Waals surface area (Å²) in [5.74, 6) is -0.0769. The first kappa shape index (κ1) is 10.5. The summed E-state index contributed by atoms with van der Waals surface area (Å²) in [5, 5.41) is 0.446. The number of thiazole rings is 1. The molecule has 0 saturated carbocycles. The highest BCUT2D eigenvalue weighted by Gasteiger charge is 2.17. The van der Waals surface area contributed by atoms with Crippen molar-refractivity contribution in [3.05, 3.63) is 15.5 Å². The Balaban J connectivity index is 2.79. The Kier molecular flexibility index (Phi) is 3.27. The molecule has 0 aliphatic heterocycles. The van der Waals surface area contributed by atoms with Gasteiger partial charge in [-0.05, 0) is 13.8 Å². The molecule has 1 aromatic rings. The summed E-state index contributed by atoms with van der Waals surface area (Å²) in [6.07, 6.45) is 1.49. The molecule has 0 fully saturated rings. The standard InChI is InChI=1S/C8H11ClN2OS/c1-5(2)11(3)8(12)7-10-4-6(9)13-7/h4-5H,1-3H3. The highest BCUT2D eigenvalue weighted by atomic mass is 35.5. The Morgan fingerprint density at radius 2 is 2.31 bits per heavy atom. The lowest BCUT2D eigenvalue weighted by molar-refractivity contribution is 0.0754. The molecule has 3 nitrogen and oxygen atoms in total. The predicted octanol–water partition coefficient (Wildman–Crippen LogP) is 2.28. The Labute approximate surface area is 86.3 Å². The molecule has 1 heterocycles. The van der Waals surface area contributed by atoms with Crippen molar-refractivity contribution < 1.29 is 4.79 Å². The molecule has 0 radical (unpaired) electrons. The molecule has 0 spiro atoms. The monoisotopic (exact) mass is 218 g/mol. The van der Waals surface area contributed by atoms with Crippen LogP contribution in [0.3, 0.4) is 0 Å². The maximum atomic E-state index is 11.6. The largest absolute Gasteiger partial charge is 0.337 e. The number of amides is 1. The fraction of sp³-hybridized carbons (Fsp3) is 0.500. The minimum Gasteiger partial charge on any atom is -0.337 e. The van der Waals surface area contributed by atoms with Crippen LogP contribution in [0.2, 0.25) is 4.34 Å². The fourth-order valence-electron chi connectivity index (χ4n) is 0.739. The lowest BCUT2D eigenvalue weighted by Gasteiger charge is -2.19. The van der Waals surface area contributed by atoms with Crippen LogP contribution in [0.5, 0.6) is 0 Å². The summed E-state index contributed by atoms with van der Waals surface area (Å²) < 4.78 is 0.542. The van der Waals surface area contributed by atoms with E-state index in [1.54, 1.807) is 11.9 Å². The van der Waals surface area contributed by atoms with Gasteiger partial charge in [-0.25, -0.2) is 4.98 Å². The van der Waals surface area contributed by atoms with Gasteiger partial charge in [0.25, 0.3) is 5.91 Å². The van der Waals surface area contributed by atoms with E-state index in [0.717, 1.165) is 0 Å². The lowest BCUT2D eigenvalue weighted by Crippen LogP contribution is -2.32. The van der Waals surface area contributed by atoms with Crippen LogP contribution in [0.4, 0.5) is 0 Å². The first-order chi connectivity index (χ1) is 6.02. The van der Waals surface area contributed by atoms with E-state index in [4.69, 9.17) is 11.6 Å². The van der Waals surface area contributed by atoms with Gasteiger partial charge in [-0.1, -0.05) is 22.9 Å². The molecule has 0 unspecified atom stereocenters. The van der Waals surface area contributed by atoms with E-state index >= 15 is 0 Å². The Bertz CT molecular complexity index is 311. The van der Waals surface area contributed by atoms with E-state index in [1.807, 2.05) is 13.8 Å². The van der Waals surface area contributed by atoms with Gasteiger partial charge in [0.2, 0.25) is 0 Å². The Morgan fingerprint density at radius 3 is 2.69 bits per heavy atom. The minimum atomic E-state index is -0.0769. The van der Waals surface area contributed by atoms with Crippen LogP contribution < -0.4 is 0 Å². The van der Waals surface area contributed by atoms with Crippen LogP contribution in [0.25, 0.3) is 0 Å². The molecule has 0 bridgehead atoms. The minimum absolute atomic E-state index is 0.0769. The molecular formula is C8H11ClN2OS. The second-order valence-electron chi connectivity index (χ2n) is 2.98. The second-order valence-corrected chi connectivity index (χ2v) is 4.64. The maximum absolute atomic E-state index is 11.6. The van der Waals surface area contributed by atoms with E-state index in [-0.39, 0.29) is 11.9 Å². The van der Waals surface area contributed by atoms with Gasteiger partial charge >= 0.3 is 0 Å². The summed E-state index contributed by atoms with van der Waals surface area (Å²) in [7, 11) is 1.75. The molecule has 1 amide bonds. The van der Waals surface area contributed by atoms with E-state index < -0.39 is 0 Å². The third-order valence-electron chi connectivity index (χ3n) is 1.76. The van der Waals surface area contributed by atoms with Gasteiger partial charge in [-0.15, -0.1) is 0 Å². The van der Waals surface area contributed by atoms with Crippen molar-refractivity contribution in [3.8, 4) is 0 Å². The number of carbonyl (C=O) groups is 1. The van der Waals surface area contributed by atoms with Crippen LogP contribution >= 0.6 is 22.9 Å². The van der Waals surface area contributed by atoms with Gasteiger partial charge < -0.3 is 4.90 Å². The van der Waals surface area contributed by atoms with Crippen molar-refractivity contribution in [1.29, 1.82) is 0 Å². The highest BCUT2D eigenvalue weighted by molar-refractivity contribution is 7.17. The van der Waals surface area contributed by atoms with Crippen molar-refractivity contribution in [2.24, 2.45) is 0 Å². The third-order valence-corrected chi connectivity index (χ3v) is 2.86. The van der Waals surface area contributed by atoms with Crippen molar-refractivity contribution in [2.75, 3.05) is 7.05 Å². The van der Waals surface area contributed by atoms with Crippen molar-refractivity contribution in [2.45, 2.75) is 19.9 Å². The average molecular weight is 219 g/mol. The maximum Gasteiger partial charge on any atom is 0.282 e. The molecule has 1 rings (SSSR count). The normalized spacial score (nSPS) is 10.5. The van der Waals surface area contributed by atoms with Crippen LogP contribution in [-0.4, -0.2) is 28.9 Å². The molecule has 0 atom stereocenters. The first-order valence-corrected chi connectivity index (χ1v) is 5.10. The lowest BCUT2D eigenvalue weighted by atomic mass is 10.3. The summed E-state index contributed by atoms with van der Waals surface area (Å²) in [6, 6.07) is 0.176. The molecule has 0 aromatic carbocycles. The van der Waals surface area contributed by atoms with E-state index in [9.17, 15) is 4.79 Å². The highest BCUT2D eigenvalue weighted by Crippen LogP contribution is 2.19. The summed E-state index contributed by atoms with van der Waals surface area (Å²) in [6.45, 7) is 3.90. The predicted molar refractivity (Wildman–Crippen MR) is 54.4 cm³/mol. The van der Waals surface area contributed by atoms with Gasteiger partial charge in [-0.3, -0.25) is 4.79 Å². The SMILES string of the molecule is CC(C)N(C)C(=O)c1ncc(Cl)s1. The molecule has 0 aliphatic carbocycles. The molecule has 1 aromatic heterocycles. The number of halogens is 1. The van der Waals surface area contributed by atoms with E-state index in [2.05, 4.69) is 4.98 Å². The number of hydrogen-bond donors (Lipinski definition) is 0. The molecule has 0 aliphatic rings. The molecule has 13 heavy (non-hydrogen) atoms. The Hall–Kier alpha value is -0.610. The number of aromatic nitrogens is 1. The zero-order valence-electron chi connectivity index (χ0n) is 7.74. The second kappa shape index (κ2) is 4.07. The van der Waals surface area contributed by atoms with Gasteiger partial charge in [0.05, 0.1) is 6.20 Å². The number of nitrogens with zero attached hydrogens (tertiary/aromatic N) is 2. The van der Waals surface area contributed by atoms with Gasteiger partial charge in [-0.2, -0.15) is 0 Å². The summed E-state index contributed by atoms with van der Waals surface area (Å²) in [5.41, 5.74) is 0. The fourth-order valence-corrected chi connectivity index (χ4v) is 1.63. The number of carbonyl (C=O) groups excluding carboxylic acids is 1. The molecular weight excluding hydrogens is 208 g/mol. The number of rotatable bonds is 2. The third kappa shape index (κ3) is 2.42. The zero-order valence-corrected chi connectivity index (χ0v) is 9.32. The zero-order chi connectivity index (χ0) is 10.0. The van der Waals surface area contributed by atoms with Crippen molar-refractivity contribution in [3.63, 3.8) is 0 Å². The van der Waals surface area contributed by atoms with E-state index in [1.165, 1.54) is 17.5 Å². The smallest absolute Gasteiger partial charge is 0.282 e.